The van der Waals surface area contributed by atoms with Gasteiger partial charge in [-0.05, 0) is 79.7 Å². The quantitative estimate of drug-likeness (QED) is 0.341. The van der Waals surface area contributed by atoms with E-state index in [2.05, 4.69) is 83.0 Å². The third-order valence-corrected chi connectivity index (χ3v) is 6.73. The molecule has 5 nitrogen and oxygen atoms in total. The predicted octanol–water partition coefficient (Wildman–Crippen LogP) is 6.17. The largest absolute Gasteiger partial charge is 0.492 e. The lowest BCUT2D eigenvalue weighted by Gasteiger charge is -2.27. The Bertz CT molecular complexity index is 1140. The Morgan fingerprint density at radius 2 is 1.41 bits per heavy atom. The normalized spacial score (nSPS) is 14.3. The highest BCUT2D eigenvalue weighted by Gasteiger charge is 2.18. The van der Waals surface area contributed by atoms with Crippen molar-refractivity contribution in [3.05, 3.63) is 102 Å². The van der Waals surface area contributed by atoms with Crippen LogP contribution < -0.4 is 10.1 Å². The van der Waals surface area contributed by atoms with Crippen molar-refractivity contribution in [2.75, 3.05) is 46.9 Å². The van der Waals surface area contributed by atoms with Crippen molar-refractivity contribution in [1.29, 1.82) is 0 Å². The number of amides is 2. The molecule has 1 saturated heterocycles. The van der Waals surface area contributed by atoms with Crippen LogP contribution in [0, 0.1) is 0 Å². The van der Waals surface area contributed by atoms with Gasteiger partial charge in [-0.15, -0.1) is 0 Å². The van der Waals surface area contributed by atoms with E-state index in [9.17, 15) is 4.79 Å². The van der Waals surface area contributed by atoms with Gasteiger partial charge in [0, 0.05) is 26.2 Å². The van der Waals surface area contributed by atoms with Gasteiger partial charge >= 0.3 is 6.03 Å². The molecule has 2 amide bonds. The van der Waals surface area contributed by atoms with Crippen molar-refractivity contribution >= 4 is 17.2 Å². The molecule has 0 bridgehead atoms. The second-order valence-electron chi connectivity index (χ2n) is 9.79. The summed E-state index contributed by atoms with van der Waals surface area (Å²) in [5.41, 5.74) is 5.85. The Kier molecular flexibility index (Phi) is 9.78. The van der Waals surface area contributed by atoms with Crippen molar-refractivity contribution < 1.29 is 9.53 Å². The van der Waals surface area contributed by atoms with Gasteiger partial charge in [-0.2, -0.15) is 0 Å². The SMILES string of the molecule is CN(C)CCOc1ccc(/C(=C(/CCNC(=O)N2CCCCC2)c2ccccc2)c2ccccc2)cc1. The first kappa shape index (κ1) is 26.5. The third-order valence-electron chi connectivity index (χ3n) is 6.73. The summed E-state index contributed by atoms with van der Waals surface area (Å²) in [6.07, 6.45) is 4.13. The van der Waals surface area contributed by atoms with Crippen LogP contribution in [-0.2, 0) is 0 Å². The Labute approximate surface area is 221 Å². The summed E-state index contributed by atoms with van der Waals surface area (Å²) in [5, 5.41) is 3.18. The van der Waals surface area contributed by atoms with Crippen LogP contribution in [0.3, 0.4) is 0 Å². The number of carbonyl (C=O) groups is 1. The second kappa shape index (κ2) is 13.7. The molecule has 1 fully saturated rings. The van der Waals surface area contributed by atoms with E-state index in [1.54, 1.807) is 0 Å². The fourth-order valence-electron chi connectivity index (χ4n) is 4.74. The number of likely N-dealkylation sites (tertiary alicyclic amines) is 1. The number of ether oxygens (including phenoxy) is 1. The summed E-state index contributed by atoms with van der Waals surface area (Å²) in [6, 6.07) is 29.5. The van der Waals surface area contributed by atoms with Crippen LogP contribution in [0.2, 0.25) is 0 Å². The van der Waals surface area contributed by atoms with Gasteiger partial charge < -0.3 is 19.9 Å². The lowest BCUT2D eigenvalue weighted by molar-refractivity contribution is 0.187. The van der Waals surface area contributed by atoms with Gasteiger partial charge in [0.1, 0.15) is 12.4 Å². The molecule has 0 aromatic heterocycles. The van der Waals surface area contributed by atoms with Crippen molar-refractivity contribution in [2.24, 2.45) is 0 Å². The minimum atomic E-state index is 0.0487. The number of nitrogens with zero attached hydrogens (tertiary/aromatic N) is 2. The van der Waals surface area contributed by atoms with E-state index in [-0.39, 0.29) is 6.03 Å². The maximum atomic E-state index is 12.8. The van der Waals surface area contributed by atoms with E-state index in [1.165, 1.54) is 23.1 Å². The first-order valence-corrected chi connectivity index (χ1v) is 13.4. The number of urea groups is 1. The topological polar surface area (TPSA) is 44.8 Å². The highest BCUT2D eigenvalue weighted by molar-refractivity contribution is 5.98. The average Bonchev–Trinajstić information content (AvgIpc) is 2.94. The molecule has 3 aromatic rings. The smallest absolute Gasteiger partial charge is 0.317 e. The molecule has 4 rings (SSSR count). The maximum absolute atomic E-state index is 12.8. The minimum Gasteiger partial charge on any atom is -0.492 e. The molecule has 3 aromatic carbocycles. The molecule has 0 unspecified atom stereocenters. The van der Waals surface area contributed by atoms with Crippen LogP contribution in [0.5, 0.6) is 5.75 Å². The van der Waals surface area contributed by atoms with Gasteiger partial charge in [0.25, 0.3) is 0 Å². The molecule has 0 atom stereocenters. The standard InChI is InChI=1S/C32H39N3O2/c1-34(2)24-25-37-29-18-16-28(17-19-29)31(27-14-8-4-9-15-27)30(26-12-6-3-7-13-26)20-21-33-32(36)35-22-10-5-11-23-35/h3-4,6-9,12-19H,5,10-11,20-25H2,1-2H3,(H,33,36)/b31-30-. The minimum absolute atomic E-state index is 0.0487. The van der Waals surface area contributed by atoms with Crippen LogP contribution in [-0.4, -0.2) is 62.7 Å². The van der Waals surface area contributed by atoms with Crippen LogP contribution in [0.15, 0.2) is 84.9 Å². The van der Waals surface area contributed by atoms with Gasteiger partial charge in [0.15, 0.2) is 0 Å². The summed E-state index contributed by atoms with van der Waals surface area (Å²) in [4.78, 5) is 16.8. The van der Waals surface area contributed by atoms with Gasteiger partial charge in [-0.3, -0.25) is 0 Å². The monoisotopic (exact) mass is 497 g/mol. The van der Waals surface area contributed by atoms with Crippen LogP contribution >= 0.6 is 0 Å². The van der Waals surface area contributed by atoms with Crippen LogP contribution in [0.25, 0.3) is 11.1 Å². The molecule has 1 heterocycles. The van der Waals surface area contributed by atoms with E-state index in [0.29, 0.717) is 13.2 Å². The zero-order valence-electron chi connectivity index (χ0n) is 22.2. The molecule has 0 saturated carbocycles. The van der Waals surface area contributed by atoms with Gasteiger partial charge in [0.05, 0.1) is 0 Å². The molecule has 194 valence electrons. The molecule has 0 spiro atoms. The van der Waals surface area contributed by atoms with E-state index in [0.717, 1.165) is 55.8 Å². The Morgan fingerprint density at radius 1 is 0.811 bits per heavy atom. The highest BCUT2D eigenvalue weighted by atomic mass is 16.5. The number of hydrogen-bond donors (Lipinski definition) is 1. The molecular formula is C32H39N3O2. The van der Waals surface area contributed by atoms with Crippen molar-refractivity contribution in [3.63, 3.8) is 0 Å². The third kappa shape index (κ3) is 7.70. The number of rotatable bonds is 10. The summed E-state index contributed by atoms with van der Waals surface area (Å²) < 4.78 is 5.94. The lowest BCUT2D eigenvalue weighted by Crippen LogP contribution is -2.43. The maximum Gasteiger partial charge on any atom is 0.317 e. The van der Waals surface area contributed by atoms with E-state index in [1.807, 2.05) is 31.1 Å². The molecule has 1 aliphatic heterocycles. The van der Waals surface area contributed by atoms with Gasteiger partial charge in [-0.25, -0.2) is 4.79 Å². The van der Waals surface area contributed by atoms with E-state index >= 15 is 0 Å². The molecular weight excluding hydrogens is 458 g/mol. The summed E-state index contributed by atoms with van der Waals surface area (Å²) in [5.74, 6) is 0.869. The molecule has 1 aliphatic rings. The first-order valence-electron chi connectivity index (χ1n) is 13.4. The molecule has 0 aliphatic carbocycles. The molecule has 1 N–H and O–H groups in total. The number of piperidine rings is 1. The lowest BCUT2D eigenvalue weighted by atomic mass is 9.88. The van der Waals surface area contributed by atoms with Gasteiger partial charge in [-0.1, -0.05) is 72.8 Å². The fourth-order valence-corrected chi connectivity index (χ4v) is 4.74. The number of likely N-dealkylation sites (N-methyl/N-ethyl adjacent to an activating group) is 1. The van der Waals surface area contributed by atoms with Crippen molar-refractivity contribution in [2.45, 2.75) is 25.7 Å². The van der Waals surface area contributed by atoms with E-state index < -0.39 is 0 Å². The Balaban J connectivity index is 1.63. The number of benzene rings is 3. The molecule has 37 heavy (non-hydrogen) atoms. The number of hydrogen-bond acceptors (Lipinski definition) is 3. The van der Waals surface area contributed by atoms with E-state index in [4.69, 9.17) is 4.74 Å². The second-order valence-corrected chi connectivity index (χ2v) is 9.79. The summed E-state index contributed by atoms with van der Waals surface area (Å²) >= 11 is 0. The van der Waals surface area contributed by atoms with Crippen molar-refractivity contribution in [1.82, 2.24) is 15.1 Å². The zero-order valence-corrected chi connectivity index (χ0v) is 22.2. The highest BCUT2D eigenvalue weighted by Crippen LogP contribution is 2.35. The van der Waals surface area contributed by atoms with Gasteiger partial charge in [0.2, 0.25) is 0 Å². The molecule has 0 radical (unpaired) electrons. The summed E-state index contributed by atoms with van der Waals surface area (Å²) in [6.45, 7) is 3.82. The zero-order chi connectivity index (χ0) is 25.9. The Hall–Kier alpha value is -3.57. The summed E-state index contributed by atoms with van der Waals surface area (Å²) in [7, 11) is 4.09. The average molecular weight is 498 g/mol. The van der Waals surface area contributed by atoms with Crippen molar-refractivity contribution in [3.8, 4) is 5.75 Å². The first-order chi connectivity index (χ1) is 18.1. The van der Waals surface area contributed by atoms with Crippen LogP contribution in [0.1, 0.15) is 42.4 Å². The molecule has 5 heteroatoms. The predicted molar refractivity (Wildman–Crippen MR) is 153 cm³/mol. The van der Waals surface area contributed by atoms with Crippen LogP contribution in [0.4, 0.5) is 4.79 Å². The number of carbonyl (C=O) groups excluding carboxylic acids is 1. The number of nitrogens with one attached hydrogen (secondary N) is 1. The fraction of sp³-hybridized carbons (Fsp3) is 0.344. The Morgan fingerprint density at radius 3 is 2.03 bits per heavy atom.